The molecule has 0 aromatic carbocycles. The number of hydrogen-bond donors (Lipinski definition) is 3. The molecule has 5 rings (SSSR count). The Bertz CT molecular complexity index is 1180. The van der Waals surface area contributed by atoms with Crippen LogP contribution in [0.2, 0.25) is 0 Å². The number of carbonyl (C=O) groups is 2. The molecule has 0 radical (unpaired) electrons. The van der Waals surface area contributed by atoms with Gasteiger partial charge in [-0.25, -0.2) is 9.97 Å². The van der Waals surface area contributed by atoms with E-state index < -0.39 is 24.2 Å². The number of anilines is 1. The number of pyridine rings is 1. The third-order valence-electron chi connectivity index (χ3n) is 7.72. The van der Waals surface area contributed by atoms with Crippen molar-refractivity contribution in [1.29, 1.82) is 0 Å². The summed E-state index contributed by atoms with van der Waals surface area (Å²) >= 11 is 1.06. The van der Waals surface area contributed by atoms with Crippen LogP contribution in [0.25, 0.3) is 10.4 Å². The molecule has 2 aliphatic heterocycles. The number of aliphatic hydroxyl groups excluding tert-OH is 1. The highest BCUT2D eigenvalue weighted by Crippen LogP contribution is 2.41. The number of carbonyl (C=O) groups excluding carboxylic acids is 2. The van der Waals surface area contributed by atoms with Gasteiger partial charge in [-0.05, 0) is 70.4 Å². The standard InChI is InChI=1S/C25H30F3N5O3S/c1-12-10-19(30-13(2)25(26,27)28)29-11-16(12)21-20(24(36)33-14-6-7-15(33)9-8-14)32-23(37-21)22(35)31-17-4-3-5-18(17)34/h10-11,13-15,17-18,34H,3-9H2,1-2H3,(H,29,30)(H,31,35)/t13-,14?,15?,17+,18+/m0/s1. The SMILES string of the molecule is Cc1cc(N[C@@H](C)C(F)(F)F)ncc1-c1sc(C(=O)N[C@@H]2CCC[C@H]2O)nc1C(=O)N1C2CCC1CC2. The van der Waals surface area contributed by atoms with E-state index in [1.54, 1.807) is 6.92 Å². The molecular weight excluding hydrogens is 507 g/mol. The summed E-state index contributed by atoms with van der Waals surface area (Å²) in [5.74, 6) is -0.624. The number of aryl methyl sites for hydroxylation is 1. The zero-order valence-corrected chi connectivity index (χ0v) is 21.5. The second kappa shape index (κ2) is 9.86. The van der Waals surface area contributed by atoms with Crippen molar-refractivity contribution in [2.45, 2.75) is 95.2 Å². The van der Waals surface area contributed by atoms with E-state index in [0.29, 0.717) is 28.8 Å². The molecule has 2 aromatic rings. The minimum absolute atomic E-state index is 0.0641. The largest absolute Gasteiger partial charge is 0.408 e. The number of rotatable bonds is 6. The van der Waals surface area contributed by atoms with Gasteiger partial charge in [-0.3, -0.25) is 9.59 Å². The molecule has 200 valence electrons. The lowest BCUT2D eigenvalue weighted by Crippen LogP contribution is -2.40. The van der Waals surface area contributed by atoms with Gasteiger partial charge in [0.25, 0.3) is 11.8 Å². The molecule has 2 saturated heterocycles. The Balaban J connectivity index is 1.48. The maximum Gasteiger partial charge on any atom is 0.408 e. The van der Waals surface area contributed by atoms with Gasteiger partial charge in [-0.2, -0.15) is 13.2 Å². The van der Waals surface area contributed by atoms with Crippen molar-refractivity contribution in [3.8, 4) is 10.4 Å². The van der Waals surface area contributed by atoms with Crippen molar-refractivity contribution < 1.29 is 27.9 Å². The zero-order chi connectivity index (χ0) is 26.5. The summed E-state index contributed by atoms with van der Waals surface area (Å²) in [7, 11) is 0. The van der Waals surface area contributed by atoms with Crippen LogP contribution < -0.4 is 10.6 Å². The minimum atomic E-state index is -4.42. The third kappa shape index (κ3) is 5.05. The molecule has 2 aromatic heterocycles. The monoisotopic (exact) mass is 537 g/mol. The summed E-state index contributed by atoms with van der Waals surface area (Å²) in [6.07, 6.45) is 2.27. The normalized spacial score (nSPS) is 25.9. The van der Waals surface area contributed by atoms with Gasteiger partial charge in [-0.15, -0.1) is 11.3 Å². The molecule has 3 aliphatic rings. The molecule has 3 N–H and O–H groups in total. The Labute approximate surface area is 216 Å². The van der Waals surface area contributed by atoms with E-state index in [1.807, 2.05) is 4.90 Å². The molecule has 0 unspecified atom stereocenters. The number of fused-ring (bicyclic) bond motifs is 2. The van der Waals surface area contributed by atoms with Gasteiger partial charge >= 0.3 is 6.18 Å². The van der Waals surface area contributed by atoms with E-state index in [9.17, 15) is 27.9 Å². The van der Waals surface area contributed by atoms with E-state index in [4.69, 9.17) is 0 Å². The first-order valence-electron chi connectivity index (χ1n) is 12.7. The van der Waals surface area contributed by atoms with Crippen LogP contribution in [0.4, 0.5) is 19.0 Å². The van der Waals surface area contributed by atoms with Crippen LogP contribution in [0.3, 0.4) is 0 Å². The van der Waals surface area contributed by atoms with Crippen LogP contribution in [0, 0.1) is 6.92 Å². The number of aliphatic hydroxyl groups is 1. The lowest BCUT2D eigenvalue weighted by molar-refractivity contribution is -0.138. The van der Waals surface area contributed by atoms with E-state index in [0.717, 1.165) is 50.4 Å². The average Bonchev–Trinajstić information content (AvgIpc) is 3.63. The van der Waals surface area contributed by atoms with E-state index in [-0.39, 0.29) is 40.6 Å². The fourth-order valence-electron chi connectivity index (χ4n) is 5.63. The first-order chi connectivity index (χ1) is 17.5. The summed E-state index contributed by atoms with van der Waals surface area (Å²) in [6.45, 7) is 2.74. The lowest BCUT2D eigenvalue weighted by atomic mass is 10.0. The molecule has 1 saturated carbocycles. The van der Waals surface area contributed by atoms with E-state index in [2.05, 4.69) is 20.6 Å². The van der Waals surface area contributed by atoms with Gasteiger partial charge in [0.2, 0.25) is 0 Å². The second-order valence-electron chi connectivity index (χ2n) is 10.2. The molecular formula is C25H30F3N5O3S. The van der Waals surface area contributed by atoms with Crippen LogP contribution in [0.15, 0.2) is 12.3 Å². The van der Waals surface area contributed by atoms with Gasteiger partial charge < -0.3 is 20.6 Å². The predicted octanol–water partition coefficient (Wildman–Crippen LogP) is 4.29. The number of nitrogens with one attached hydrogen (secondary N) is 2. The predicted molar refractivity (Wildman–Crippen MR) is 133 cm³/mol. The molecule has 12 heteroatoms. The summed E-state index contributed by atoms with van der Waals surface area (Å²) in [5.41, 5.74) is 1.31. The highest BCUT2D eigenvalue weighted by molar-refractivity contribution is 7.17. The molecule has 37 heavy (non-hydrogen) atoms. The number of aromatic nitrogens is 2. The molecule has 4 heterocycles. The first kappa shape index (κ1) is 25.9. The molecule has 2 bridgehead atoms. The molecule has 3 fully saturated rings. The van der Waals surface area contributed by atoms with E-state index in [1.165, 1.54) is 12.3 Å². The topological polar surface area (TPSA) is 107 Å². The summed E-state index contributed by atoms with van der Waals surface area (Å²) in [6, 6.07) is -0.324. The average molecular weight is 538 g/mol. The summed E-state index contributed by atoms with van der Waals surface area (Å²) in [5, 5.41) is 15.4. The molecule has 1 aliphatic carbocycles. The van der Waals surface area contributed by atoms with Crippen LogP contribution >= 0.6 is 11.3 Å². The molecule has 0 spiro atoms. The fraction of sp³-hybridized carbons (Fsp3) is 0.600. The van der Waals surface area contributed by atoms with Crippen molar-refractivity contribution in [3.05, 3.63) is 28.5 Å². The number of alkyl halides is 3. The van der Waals surface area contributed by atoms with Crippen molar-refractivity contribution in [3.63, 3.8) is 0 Å². The maximum atomic E-state index is 13.7. The van der Waals surface area contributed by atoms with Crippen LogP contribution in [-0.2, 0) is 0 Å². The van der Waals surface area contributed by atoms with E-state index >= 15 is 0 Å². The third-order valence-corrected chi connectivity index (χ3v) is 8.81. The number of nitrogens with zero attached hydrogens (tertiary/aromatic N) is 3. The van der Waals surface area contributed by atoms with Crippen LogP contribution in [-0.4, -0.2) is 68.2 Å². The van der Waals surface area contributed by atoms with Gasteiger partial charge in [-0.1, -0.05) is 0 Å². The Kier molecular flexibility index (Phi) is 6.90. The fourth-order valence-corrected chi connectivity index (χ4v) is 6.66. The first-order valence-corrected chi connectivity index (χ1v) is 13.5. The van der Waals surface area contributed by atoms with Gasteiger partial charge in [0, 0.05) is 23.8 Å². The zero-order valence-electron chi connectivity index (χ0n) is 20.6. The van der Waals surface area contributed by atoms with Gasteiger partial charge in [0.15, 0.2) is 5.01 Å². The number of halogens is 3. The quantitative estimate of drug-likeness (QED) is 0.508. The Hall–Kier alpha value is -2.73. The molecule has 3 atom stereocenters. The van der Waals surface area contributed by atoms with Crippen LogP contribution in [0.1, 0.15) is 77.7 Å². The Morgan fingerprint density at radius 3 is 2.41 bits per heavy atom. The highest BCUT2D eigenvalue weighted by atomic mass is 32.1. The Morgan fingerprint density at radius 2 is 1.84 bits per heavy atom. The van der Waals surface area contributed by atoms with Gasteiger partial charge in [0.1, 0.15) is 17.6 Å². The molecule has 2 amide bonds. The van der Waals surface area contributed by atoms with Crippen LogP contribution in [0.5, 0.6) is 0 Å². The van der Waals surface area contributed by atoms with Crippen molar-refractivity contribution in [2.75, 3.05) is 5.32 Å². The number of thiazole rings is 1. The van der Waals surface area contributed by atoms with Gasteiger partial charge in [0.05, 0.1) is 17.0 Å². The van der Waals surface area contributed by atoms with Crippen molar-refractivity contribution in [2.24, 2.45) is 0 Å². The number of amides is 2. The Morgan fingerprint density at radius 1 is 1.16 bits per heavy atom. The number of hydrogen-bond acceptors (Lipinski definition) is 7. The highest BCUT2D eigenvalue weighted by Gasteiger charge is 2.44. The minimum Gasteiger partial charge on any atom is -0.391 e. The second-order valence-corrected chi connectivity index (χ2v) is 11.2. The van der Waals surface area contributed by atoms with Crippen molar-refractivity contribution in [1.82, 2.24) is 20.2 Å². The molecule has 8 nitrogen and oxygen atoms in total. The maximum absolute atomic E-state index is 13.7. The summed E-state index contributed by atoms with van der Waals surface area (Å²) < 4.78 is 39.0. The van der Waals surface area contributed by atoms with Crippen molar-refractivity contribution >= 4 is 29.0 Å². The summed E-state index contributed by atoms with van der Waals surface area (Å²) in [4.78, 5) is 37.8. The lowest BCUT2D eigenvalue weighted by Gasteiger charge is -2.22. The smallest absolute Gasteiger partial charge is 0.391 e.